The normalized spacial score (nSPS) is 24.3. The predicted octanol–water partition coefficient (Wildman–Crippen LogP) is 4.47. The second kappa shape index (κ2) is 7.17. The lowest BCUT2D eigenvalue weighted by atomic mass is 9.86. The molecule has 0 saturated carbocycles. The molecule has 1 aromatic rings. The topological polar surface area (TPSA) is 30.5 Å². The van der Waals surface area contributed by atoms with Crippen molar-refractivity contribution in [3.63, 3.8) is 0 Å². The standard InChI is InChI=1S/C18H29NO2/c1-5-8-11-19-16-13-18(4,6-2)21-17-10-9-14(20-7-3)12-15(16)17/h9-10,12,16,19H,5-8,11,13H2,1-4H3. The molecule has 1 aromatic carbocycles. The van der Waals surface area contributed by atoms with E-state index in [2.05, 4.69) is 38.2 Å². The van der Waals surface area contributed by atoms with Gasteiger partial charge < -0.3 is 14.8 Å². The molecule has 3 nitrogen and oxygen atoms in total. The number of hydrogen-bond acceptors (Lipinski definition) is 3. The van der Waals surface area contributed by atoms with Gasteiger partial charge in [0.05, 0.1) is 6.61 Å². The highest BCUT2D eigenvalue weighted by molar-refractivity contribution is 5.44. The highest BCUT2D eigenvalue weighted by Gasteiger charge is 2.35. The van der Waals surface area contributed by atoms with Crippen LogP contribution in [0.3, 0.4) is 0 Å². The van der Waals surface area contributed by atoms with Crippen LogP contribution in [0.25, 0.3) is 0 Å². The minimum atomic E-state index is -0.0794. The molecule has 1 N–H and O–H groups in total. The summed E-state index contributed by atoms with van der Waals surface area (Å²) >= 11 is 0. The number of unbranched alkanes of at least 4 members (excludes halogenated alkanes) is 1. The fourth-order valence-electron chi connectivity index (χ4n) is 2.85. The van der Waals surface area contributed by atoms with E-state index in [4.69, 9.17) is 9.47 Å². The third kappa shape index (κ3) is 3.91. The summed E-state index contributed by atoms with van der Waals surface area (Å²) in [6.45, 7) is 10.4. The van der Waals surface area contributed by atoms with Gasteiger partial charge in [-0.1, -0.05) is 20.3 Å². The summed E-state index contributed by atoms with van der Waals surface area (Å²) in [5.41, 5.74) is 1.16. The van der Waals surface area contributed by atoms with Crippen LogP contribution in [-0.2, 0) is 0 Å². The number of hydrogen-bond donors (Lipinski definition) is 1. The average Bonchev–Trinajstić information content (AvgIpc) is 2.48. The summed E-state index contributed by atoms with van der Waals surface area (Å²) in [6.07, 6.45) is 4.45. The van der Waals surface area contributed by atoms with Gasteiger partial charge in [-0.25, -0.2) is 0 Å². The Kier molecular flexibility index (Phi) is 5.51. The third-order valence-electron chi connectivity index (χ3n) is 4.33. The first-order chi connectivity index (χ1) is 10.1. The van der Waals surface area contributed by atoms with E-state index >= 15 is 0 Å². The second-order valence-electron chi connectivity index (χ2n) is 6.10. The average molecular weight is 291 g/mol. The zero-order valence-corrected chi connectivity index (χ0v) is 13.9. The van der Waals surface area contributed by atoms with Crippen LogP contribution in [0.5, 0.6) is 11.5 Å². The molecule has 2 rings (SSSR count). The number of fused-ring (bicyclic) bond motifs is 1. The van der Waals surface area contributed by atoms with Crippen LogP contribution >= 0.6 is 0 Å². The Hall–Kier alpha value is -1.22. The van der Waals surface area contributed by atoms with Crippen molar-refractivity contribution < 1.29 is 9.47 Å². The Balaban J connectivity index is 2.24. The summed E-state index contributed by atoms with van der Waals surface area (Å²) in [4.78, 5) is 0. The highest BCUT2D eigenvalue weighted by Crippen LogP contribution is 2.42. The van der Waals surface area contributed by atoms with E-state index in [1.54, 1.807) is 0 Å². The van der Waals surface area contributed by atoms with Crippen LogP contribution in [0.1, 0.15) is 65.0 Å². The molecule has 118 valence electrons. The van der Waals surface area contributed by atoms with Gasteiger partial charge in [-0.2, -0.15) is 0 Å². The first kappa shape index (κ1) is 16.2. The molecular formula is C18H29NO2. The zero-order chi connectivity index (χ0) is 15.3. The molecular weight excluding hydrogens is 262 g/mol. The van der Waals surface area contributed by atoms with E-state index in [-0.39, 0.29) is 5.60 Å². The minimum absolute atomic E-state index is 0.0794. The molecule has 1 heterocycles. The molecule has 1 aliphatic heterocycles. The predicted molar refractivity (Wildman–Crippen MR) is 87.2 cm³/mol. The van der Waals surface area contributed by atoms with Gasteiger partial charge in [0.15, 0.2) is 0 Å². The van der Waals surface area contributed by atoms with Crippen LogP contribution in [0.2, 0.25) is 0 Å². The molecule has 0 spiro atoms. The van der Waals surface area contributed by atoms with Gasteiger partial charge in [-0.3, -0.25) is 0 Å². The van der Waals surface area contributed by atoms with Gasteiger partial charge >= 0.3 is 0 Å². The largest absolute Gasteiger partial charge is 0.494 e. The smallest absolute Gasteiger partial charge is 0.125 e. The fourth-order valence-corrected chi connectivity index (χ4v) is 2.85. The molecule has 0 fully saturated rings. The van der Waals surface area contributed by atoms with Gasteiger partial charge in [0.25, 0.3) is 0 Å². The van der Waals surface area contributed by atoms with Crippen molar-refractivity contribution in [2.24, 2.45) is 0 Å². The summed E-state index contributed by atoms with van der Waals surface area (Å²) in [5.74, 6) is 1.94. The summed E-state index contributed by atoms with van der Waals surface area (Å²) in [7, 11) is 0. The van der Waals surface area contributed by atoms with Crippen molar-refractivity contribution in [3.8, 4) is 11.5 Å². The molecule has 0 aromatic heterocycles. The summed E-state index contributed by atoms with van der Waals surface area (Å²) in [6, 6.07) is 6.55. The molecule has 0 saturated heterocycles. The van der Waals surface area contributed by atoms with Crippen molar-refractivity contribution in [1.82, 2.24) is 5.32 Å². The Labute approximate surface area is 129 Å². The molecule has 21 heavy (non-hydrogen) atoms. The van der Waals surface area contributed by atoms with E-state index in [0.29, 0.717) is 12.6 Å². The first-order valence-electron chi connectivity index (χ1n) is 8.31. The van der Waals surface area contributed by atoms with E-state index < -0.39 is 0 Å². The van der Waals surface area contributed by atoms with Crippen LogP contribution < -0.4 is 14.8 Å². The van der Waals surface area contributed by atoms with Gasteiger partial charge in [-0.15, -0.1) is 0 Å². The fraction of sp³-hybridized carbons (Fsp3) is 0.667. The number of benzene rings is 1. The molecule has 0 radical (unpaired) electrons. The van der Waals surface area contributed by atoms with E-state index in [1.807, 2.05) is 13.0 Å². The Morgan fingerprint density at radius 3 is 2.81 bits per heavy atom. The molecule has 0 bridgehead atoms. The number of rotatable bonds is 7. The minimum Gasteiger partial charge on any atom is -0.494 e. The van der Waals surface area contributed by atoms with Crippen molar-refractivity contribution >= 4 is 0 Å². The van der Waals surface area contributed by atoms with Crippen molar-refractivity contribution in [1.29, 1.82) is 0 Å². The Morgan fingerprint density at radius 1 is 1.33 bits per heavy atom. The van der Waals surface area contributed by atoms with Crippen LogP contribution in [0.15, 0.2) is 18.2 Å². The molecule has 2 unspecified atom stereocenters. The maximum atomic E-state index is 6.24. The molecule has 3 heteroatoms. The maximum Gasteiger partial charge on any atom is 0.125 e. The quantitative estimate of drug-likeness (QED) is 0.752. The molecule has 1 aliphatic rings. The Bertz CT molecular complexity index is 461. The number of ether oxygens (including phenoxy) is 2. The van der Waals surface area contributed by atoms with Gasteiger partial charge in [0, 0.05) is 18.0 Å². The molecule has 0 aliphatic carbocycles. The van der Waals surface area contributed by atoms with E-state index in [0.717, 1.165) is 30.9 Å². The summed E-state index contributed by atoms with van der Waals surface area (Å²) < 4.78 is 11.9. The van der Waals surface area contributed by atoms with Gasteiger partial charge in [0.2, 0.25) is 0 Å². The molecule has 2 atom stereocenters. The molecule has 0 amide bonds. The number of nitrogens with one attached hydrogen (secondary N) is 1. The van der Waals surface area contributed by atoms with Crippen molar-refractivity contribution in [2.75, 3.05) is 13.2 Å². The van der Waals surface area contributed by atoms with Crippen molar-refractivity contribution in [2.45, 2.75) is 65.0 Å². The summed E-state index contributed by atoms with van der Waals surface area (Å²) in [5, 5.41) is 3.70. The van der Waals surface area contributed by atoms with E-state index in [9.17, 15) is 0 Å². The van der Waals surface area contributed by atoms with Crippen LogP contribution in [0, 0.1) is 0 Å². The van der Waals surface area contributed by atoms with Gasteiger partial charge in [-0.05, 0) is 51.4 Å². The maximum absolute atomic E-state index is 6.24. The van der Waals surface area contributed by atoms with Crippen LogP contribution in [-0.4, -0.2) is 18.8 Å². The lowest BCUT2D eigenvalue weighted by Gasteiger charge is -2.40. The SMILES string of the molecule is CCCCNC1CC(C)(CC)Oc2ccc(OCC)cc21. The zero-order valence-electron chi connectivity index (χ0n) is 13.9. The lowest BCUT2D eigenvalue weighted by Crippen LogP contribution is -2.41. The third-order valence-corrected chi connectivity index (χ3v) is 4.33. The lowest BCUT2D eigenvalue weighted by molar-refractivity contribution is 0.0440. The van der Waals surface area contributed by atoms with Crippen LogP contribution in [0.4, 0.5) is 0 Å². The Morgan fingerprint density at radius 2 is 2.14 bits per heavy atom. The first-order valence-corrected chi connectivity index (χ1v) is 8.31. The monoisotopic (exact) mass is 291 g/mol. The van der Waals surface area contributed by atoms with E-state index in [1.165, 1.54) is 18.4 Å². The van der Waals surface area contributed by atoms with Gasteiger partial charge in [0.1, 0.15) is 17.1 Å². The van der Waals surface area contributed by atoms with Crippen molar-refractivity contribution in [3.05, 3.63) is 23.8 Å². The highest BCUT2D eigenvalue weighted by atomic mass is 16.5. The second-order valence-corrected chi connectivity index (χ2v) is 6.10.